The zero-order chi connectivity index (χ0) is 18.2. The zero-order valence-electron chi connectivity index (χ0n) is 16.6. The Kier molecular flexibility index (Phi) is 7.32. The Morgan fingerprint density at radius 3 is 2.77 bits per heavy atom. The number of fused-ring (bicyclic) bond motifs is 1. The van der Waals surface area contributed by atoms with E-state index in [2.05, 4.69) is 37.3 Å². The lowest BCUT2D eigenvalue weighted by Crippen LogP contribution is -2.45. The third-order valence-corrected chi connectivity index (χ3v) is 6.04. The molecule has 1 fully saturated rings. The molecular formula is C20H36N6. The molecule has 2 aliphatic rings. The first kappa shape index (κ1) is 19.2. The fourth-order valence-corrected chi connectivity index (χ4v) is 4.29. The van der Waals surface area contributed by atoms with Crippen molar-refractivity contribution in [3.8, 4) is 0 Å². The molecule has 1 aromatic heterocycles. The molecule has 3 rings (SSSR count). The van der Waals surface area contributed by atoms with Gasteiger partial charge in [0.15, 0.2) is 5.96 Å². The van der Waals surface area contributed by atoms with Crippen LogP contribution in [0.2, 0.25) is 0 Å². The minimum atomic E-state index is 0.580. The first-order valence-corrected chi connectivity index (χ1v) is 10.7. The Morgan fingerprint density at radius 1 is 1.15 bits per heavy atom. The lowest BCUT2D eigenvalue weighted by molar-refractivity contribution is 0.304. The zero-order valence-corrected chi connectivity index (χ0v) is 16.6. The van der Waals surface area contributed by atoms with Gasteiger partial charge in [-0.2, -0.15) is 0 Å². The van der Waals surface area contributed by atoms with Crippen LogP contribution in [0.4, 0.5) is 0 Å². The van der Waals surface area contributed by atoms with Crippen molar-refractivity contribution in [3.05, 3.63) is 11.6 Å². The molecule has 6 heteroatoms. The molecule has 0 amide bonds. The summed E-state index contributed by atoms with van der Waals surface area (Å²) in [5.74, 6) is 4.22. The number of hydrogen-bond donors (Lipinski definition) is 2. The average molecular weight is 361 g/mol. The largest absolute Gasteiger partial charge is 0.356 e. The molecule has 2 heterocycles. The van der Waals surface area contributed by atoms with Gasteiger partial charge in [0, 0.05) is 39.0 Å². The van der Waals surface area contributed by atoms with Crippen molar-refractivity contribution in [1.82, 2.24) is 25.4 Å². The second kappa shape index (κ2) is 9.93. The van der Waals surface area contributed by atoms with Crippen molar-refractivity contribution in [2.24, 2.45) is 10.9 Å². The van der Waals surface area contributed by atoms with Gasteiger partial charge in [0.05, 0.1) is 0 Å². The van der Waals surface area contributed by atoms with Crippen LogP contribution >= 0.6 is 0 Å². The number of aliphatic imine (C=N–C) groups is 1. The monoisotopic (exact) mass is 360 g/mol. The number of aryl methyl sites for hydroxylation is 2. The van der Waals surface area contributed by atoms with Gasteiger partial charge in [-0.1, -0.05) is 19.8 Å². The molecule has 0 unspecified atom stereocenters. The van der Waals surface area contributed by atoms with E-state index in [1.165, 1.54) is 57.2 Å². The average Bonchev–Trinajstić information content (AvgIpc) is 2.90. The Morgan fingerprint density at radius 2 is 2.00 bits per heavy atom. The molecule has 0 spiro atoms. The molecule has 26 heavy (non-hydrogen) atoms. The van der Waals surface area contributed by atoms with E-state index in [9.17, 15) is 0 Å². The summed E-state index contributed by atoms with van der Waals surface area (Å²) in [5.41, 5.74) is 0. The number of nitrogens with one attached hydrogen (secondary N) is 2. The summed E-state index contributed by atoms with van der Waals surface area (Å²) >= 11 is 0. The highest BCUT2D eigenvalue weighted by Crippen LogP contribution is 2.26. The third-order valence-electron chi connectivity index (χ3n) is 6.04. The highest BCUT2D eigenvalue weighted by Gasteiger charge is 2.20. The van der Waals surface area contributed by atoms with Crippen LogP contribution in [0.3, 0.4) is 0 Å². The molecule has 0 aromatic carbocycles. The van der Waals surface area contributed by atoms with E-state index in [0.29, 0.717) is 6.04 Å². The number of nitrogens with zero attached hydrogens (tertiary/aromatic N) is 4. The standard InChI is InChI=1S/C20H36N6/c1-3-16-10-12-17(13-11-16)23-20(21-2)22-14-7-9-19-25-24-18-8-5-4-6-15-26(18)19/h16-17H,3-15H2,1-2H3,(H2,21,22,23). The van der Waals surface area contributed by atoms with Gasteiger partial charge >= 0.3 is 0 Å². The van der Waals surface area contributed by atoms with Crippen molar-refractivity contribution < 1.29 is 0 Å². The SMILES string of the molecule is CCC1CCC(NC(=NC)NCCCc2nnc3n2CCCCC3)CC1. The van der Waals surface area contributed by atoms with Crippen LogP contribution in [0.5, 0.6) is 0 Å². The van der Waals surface area contributed by atoms with Crippen molar-refractivity contribution >= 4 is 5.96 Å². The predicted octanol–water partition coefficient (Wildman–Crippen LogP) is 3.07. The molecule has 1 aliphatic carbocycles. The molecule has 0 saturated heterocycles. The summed E-state index contributed by atoms with van der Waals surface area (Å²) in [5, 5.41) is 15.9. The van der Waals surface area contributed by atoms with Crippen molar-refractivity contribution in [2.75, 3.05) is 13.6 Å². The van der Waals surface area contributed by atoms with Crippen molar-refractivity contribution in [2.45, 2.75) is 90.1 Å². The van der Waals surface area contributed by atoms with Gasteiger partial charge < -0.3 is 15.2 Å². The summed E-state index contributed by atoms with van der Waals surface area (Å²) in [6.07, 6.45) is 13.5. The molecule has 2 N–H and O–H groups in total. The van der Waals surface area contributed by atoms with Gasteiger partial charge in [-0.05, 0) is 50.9 Å². The van der Waals surface area contributed by atoms with Crippen molar-refractivity contribution in [3.63, 3.8) is 0 Å². The van der Waals surface area contributed by atoms with Crippen LogP contribution < -0.4 is 10.6 Å². The lowest BCUT2D eigenvalue weighted by Gasteiger charge is -2.29. The van der Waals surface area contributed by atoms with Gasteiger partial charge in [0.2, 0.25) is 0 Å². The van der Waals surface area contributed by atoms with Crippen molar-refractivity contribution in [1.29, 1.82) is 0 Å². The highest BCUT2D eigenvalue weighted by molar-refractivity contribution is 5.79. The summed E-state index contributed by atoms with van der Waals surface area (Å²) in [6.45, 7) is 4.33. The Balaban J connectivity index is 1.38. The summed E-state index contributed by atoms with van der Waals surface area (Å²) < 4.78 is 2.35. The normalized spacial score (nSPS) is 24.0. The molecular weight excluding hydrogens is 324 g/mol. The first-order valence-electron chi connectivity index (χ1n) is 10.7. The maximum Gasteiger partial charge on any atom is 0.191 e. The minimum absolute atomic E-state index is 0.580. The molecule has 0 atom stereocenters. The summed E-state index contributed by atoms with van der Waals surface area (Å²) in [7, 11) is 1.87. The van der Waals surface area contributed by atoms with Crippen LogP contribution in [0.1, 0.15) is 76.4 Å². The molecule has 146 valence electrons. The van der Waals surface area contributed by atoms with Crippen LogP contribution in [-0.4, -0.2) is 40.4 Å². The number of hydrogen-bond acceptors (Lipinski definition) is 3. The fraction of sp³-hybridized carbons (Fsp3) is 0.850. The van der Waals surface area contributed by atoms with Crippen LogP contribution in [0, 0.1) is 5.92 Å². The second-order valence-electron chi connectivity index (χ2n) is 7.87. The molecule has 1 aromatic rings. The quantitative estimate of drug-likeness (QED) is 0.465. The maximum absolute atomic E-state index is 4.42. The van der Waals surface area contributed by atoms with Gasteiger partial charge in [-0.15, -0.1) is 10.2 Å². The van der Waals surface area contributed by atoms with E-state index >= 15 is 0 Å². The van der Waals surface area contributed by atoms with E-state index in [1.807, 2.05) is 7.05 Å². The Labute approximate surface area is 158 Å². The number of aromatic nitrogens is 3. The molecule has 6 nitrogen and oxygen atoms in total. The van der Waals surface area contributed by atoms with Gasteiger partial charge in [0.1, 0.15) is 11.6 Å². The number of rotatable bonds is 6. The molecule has 1 aliphatic heterocycles. The summed E-state index contributed by atoms with van der Waals surface area (Å²) in [6, 6.07) is 0.580. The van der Waals surface area contributed by atoms with E-state index in [4.69, 9.17) is 0 Å². The van der Waals surface area contributed by atoms with Crippen LogP contribution in [-0.2, 0) is 19.4 Å². The molecule has 1 saturated carbocycles. The van der Waals surface area contributed by atoms with Gasteiger partial charge in [0.25, 0.3) is 0 Å². The minimum Gasteiger partial charge on any atom is -0.356 e. The van der Waals surface area contributed by atoms with Crippen LogP contribution in [0.25, 0.3) is 0 Å². The Hall–Kier alpha value is -1.59. The van der Waals surface area contributed by atoms with Crippen LogP contribution in [0.15, 0.2) is 4.99 Å². The fourth-order valence-electron chi connectivity index (χ4n) is 4.29. The van der Waals surface area contributed by atoms with Gasteiger partial charge in [-0.25, -0.2) is 0 Å². The van der Waals surface area contributed by atoms with E-state index < -0.39 is 0 Å². The van der Waals surface area contributed by atoms with E-state index in [-0.39, 0.29) is 0 Å². The number of guanidine groups is 1. The van der Waals surface area contributed by atoms with Gasteiger partial charge in [-0.3, -0.25) is 4.99 Å². The third kappa shape index (κ3) is 5.21. The van der Waals surface area contributed by atoms with E-state index in [1.54, 1.807) is 0 Å². The predicted molar refractivity (Wildman–Crippen MR) is 106 cm³/mol. The molecule has 0 bridgehead atoms. The molecule has 0 radical (unpaired) electrons. The van der Waals surface area contributed by atoms with E-state index in [0.717, 1.165) is 50.1 Å². The summed E-state index contributed by atoms with van der Waals surface area (Å²) in [4.78, 5) is 4.40. The second-order valence-corrected chi connectivity index (χ2v) is 7.87. The first-order chi connectivity index (χ1) is 12.8. The maximum atomic E-state index is 4.42. The smallest absolute Gasteiger partial charge is 0.191 e. The lowest BCUT2D eigenvalue weighted by atomic mass is 9.84. The highest BCUT2D eigenvalue weighted by atomic mass is 15.3. The Bertz CT molecular complexity index is 571. The topological polar surface area (TPSA) is 67.1 Å².